The minimum atomic E-state index is 0.761. The fraction of sp³-hybridized carbons (Fsp3) is 0.529. The smallest absolute Gasteiger partial charge is 0.0483 e. The molecule has 1 N–H and O–H groups in total. The first kappa shape index (κ1) is 12.7. The Morgan fingerprint density at radius 2 is 2.11 bits per heavy atom. The van der Waals surface area contributed by atoms with Crippen LogP contribution in [0.4, 0.5) is 0 Å². The van der Waals surface area contributed by atoms with E-state index in [-0.39, 0.29) is 0 Å². The van der Waals surface area contributed by atoms with Crippen LogP contribution < -0.4 is 5.32 Å². The van der Waals surface area contributed by atoms with Crippen LogP contribution in [0.1, 0.15) is 38.7 Å². The van der Waals surface area contributed by atoms with Crippen molar-refractivity contribution in [1.82, 2.24) is 9.88 Å². The molecular formula is C17H24N2. The largest absolute Gasteiger partial charge is 0.347 e. The highest BCUT2D eigenvalue weighted by Crippen LogP contribution is 2.23. The summed E-state index contributed by atoms with van der Waals surface area (Å²) >= 11 is 0. The molecule has 0 spiro atoms. The Labute approximate surface area is 115 Å². The van der Waals surface area contributed by atoms with Crippen molar-refractivity contribution in [2.75, 3.05) is 0 Å². The van der Waals surface area contributed by atoms with E-state index < -0.39 is 0 Å². The lowest BCUT2D eigenvalue weighted by atomic mass is 10.1. The average molecular weight is 256 g/mol. The summed E-state index contributed by atoms with van der Waals surface area (Å²) in [6.45, 7) is 6.71. The van der Waals surface area contributed by atoms with Crippen LogP contribution in [0.5, 0.6) is 0 Å². The van der Waals surface area contributed by atoms with Gasteiger partial charge in [0.05, 0.1) is 0 Å². The molecule has 1 aliphatic rings. The first-order chi connectivity index (χ1) is 9.24. The van der Waals surface area contributed by atoms with Crippen molar-refractivity contribution in [2.45, 2.75) is 52.2 Å². The summed E-state index contributed by atoms with van der Waals surface area (Å²) in [5.74, 6) is 0.761. The van der Waals surface area contributed by atoms with Crippen molar-refractivity contribution < 1.29 is 0 Å². The van der Waals surface area contributed by atoms with Crippen LogP contribution in [0.3, 0.4) is 0 Å². The lowest BCUT2D eigenvalue weighted by Crippen LogP contribution is -2.15. The molecule has 0 atom stereocenters. The summed E-state index contributed by atoms with van der Waals surface area (Å²) in [5.41, 5.74) is 2.82. The van der Waals surface area contributed by atoms with E-state index in [1.807, 2.05) is 0 Å². The molecule has 0 amide bonds. The summed E-state index contributed by atoms with van der Waals surface area (Å²) < 4.78 is 2.40. The minimum Gasteiger partial charge on any atom is -0.347 e. The molecule has 102 valence electrons. The highest BCUT2D eigenvalue weighted by atomic mass is 15.0. The highest BCUT2D eigenvalue weighted by Gasteiger charge is 2.20. The lowest BCUT2D eigenvalue weighted by Gasteiger charge is -2.09. The summed E-state index contributed by atoms with van der Waals surface area (Å²) in [7, 11) is 0. The molecule has 2 heteroatoms. The van der Waals surface area contributed by atoms with Crippen LogP contribution in [0.25, 0.3) is 10.9 Å². The lowest BCUT2D eigenvalue weighted by molar-refractivity contribution is 0.524. The maximum atomic E-state index is 3.62. The van der Waals surface area contributed by atoms with Crippen LogP contribution >= 0.6 is 0 Å². The Balaban J connectivity index is 1.79. The average Bonchev–Trinajstić information content (AvgIpc) is 3.13. The maximum absolute atomic E-state index is 3.62. The van der Waals surface area contributed by atoms with Crippen molar-refractivity contribution in [3.8, 4) is 0 Å². The molecule has 0 saturated heterocycles. The number of hydrogen-bond donors (Lipinski definition) is 1. The Hall–Kier alpha value is -1.28. The van der Waals surface area contributed by atoms with E-state index in [0.717, 1.165) is 25.0 Å². The first-order valence-electron chi connectivity index (χ1n) is 7.54. The van der Waals surface area contributed by atoms with Crippen molar-refractivity contribution in [2.24, 2.45) is 5.92 Å². The zero-order valence-electron chi connectivity index (χ0n) is 12.0. The summed E-state index contributed by atoms with van der Waals surface area (Å²) in [5, 5.41) is 5.03. The second-order valence-corrected chi connectivity index (χ2v) is 6.20. The molecule has 0 radical (unpaired) electrons. The van der Waals surface area contributed by atoms with Crippen LogP contribution in [-0.2, 0) is 13.1 Å². The van der Waals surface area contributed by atoms with Gasteiger partial charge >= 0.3 is 0 Å². The van der Waals surface area contributed by atoms with E-state index in [4.69, 9.17) is 0 Å². The number of fused-ring (bicyclic) bond motifs is 1. The van der Waals surface area contributed by atoms with Crippen molar-refractivity contribution in [3.05, 3.63) is 36.0 Å². The Bertz CT molecular complexity index is 549. The van der Waals surface area contributed by atoms with Gasteiger partial charge in [-0.1, -0.05) is 26.0 Å². The Morgan fingerprint density at radius 1 is 1.26 bits per heavy atom. The second kappa shape index (κ2) is 5.38. The summed E-state index contributed by atoms with van der Waals surface area (Å²) in [6, 6.07) is 9.75. The zero-order chi connectivity index (χ0) is 13.2. The molecule has 1 saturated carbocycles. The van der Waals surface area contributed by atoms with Gasteiger partial charge < -0.3 is 9.88 Å². The quantitative estimate of drug-likeness (QED) is 0.828. The fourth-order valence-electron chi connectivity index (χ4n) is 2.58. The third kappa shape index (κ3) is 3.01. The van der Waals surface area contributed by atoms with E-state index in [9.17, 15) is 0 Å². The molecule has 1 heterocycles. The predicted octanol–water partition coefficient (Wildman–Crippen LogP) is 3.94. The zero-order valence-corrected chi connectivity index (χ0v) is 12.0. The van der Waals surface area contributed by atoms with Gasteiger partial charge in [-0.05, 0) is 42.9 Å². The number of aromatic nitrogens is 1. The SMILES string of the molecule is CC(C)CCn1ccc2c(CNC3CC3)cccc21. The van der Waals surface area contributed by atoms with E-state index >= 15 is 0 Å². The van der Waals surface area contributed by atoms with Crippen LogP contribution in [-0.4, -0.2) is 10.6 Å². The van der Waals surface area contributed by atoms with E-state index in [1.54, 1.807) is 0 Å². The van der Waals surface area contributed by atoms with Gasteiger partial charge in [-0.15, -0.1) is 0 Å². The molecule has 0 aliphatic heterocycles. The van der Waals surface area contributed by atoms with Gasteiger partial charge in [0, 0.05) is 36.2 Å². The molecule has 1 aromatic carbocycles. The number of nitrogens with one attached hydrogen (secondary N) is 1. The monoisotopic (exact) mass is 256 g/mol. The first-order valence-corrected chi connectivity index (χ1v) is 7.54. The molecule has 1 aliphatic carbocycles. The van der Waals surface area contributed by atoms with Crippen LogP contribution in [0, 0.1) is 5.92 Å². The number of nitrogens with zero attached hydrogens (tertiary/aromatic N) is 1. The number of hydrogen-bond acceptors (Lipinski definition) is 1. The summed E-state index contributed by atoms with van der Waals surface area (Å²) in [4.78, 5) is 0. The molecule has 1 fully saturated rings. The Kier molecular flexibility index (Phi) is 3.61. The fourth-order valence-corrected chi connectivity index (χ4v) is 2.58. The molecular weight excluding hydrogens is 232 g/mol. The Morgan fingerprint density at radius 3 is 2.84 bits per heavy atom. The molecule has 2 aromatic rings. The molecule has 2 nitrogen and oxygen atoms in total. The number of aryl methyl sites for hydroxylation is 1. The van der Waals surface area contributed by atoms with Gasteiger partial charge in [0.25, 0.3) is 0 Å². The second-order valence-electron chi connectivity index (χ2n) is 6.20. The third-order valence-electron chi connectivity index (χ3n) is 4.01. The van der Waals surface area contributed by atoms with E-state index in [2.05, 4.69) is 54.2 Å². The standard InChI is InChI=1S/C17H24N2/c1-13(2)8-10-19-11-9-16-14(4-3-5-17(16)19)12-18-15-6-7-15/h3-5,9,11,13,15,18H,6-8,10,12H2,1-2H3. The number of rotatable bonds is 6. The molecule has 0 unspecified atom stereocenters. The van der Waals surface area contributed by atoms with Crippen molar-refractivity contribution in [1.29, 1.82) is 0 Å². The normalized spacial score (nSPS) is 15.5. The molecule has 0 bridgehead atoms. The van der Waals surface area contributed by atoms with E-state index in [1.165, 1.54) is 35.7 Å². The highest BCUT2D eigenvalue weighted by molar-refractivity contribution is 5.83. The van der Waals surface area contributed by atoms with Gasteiger partial charge in [-0.3, -0.25) is 0 Å². The topological polar surface area (TPSA) is 17.0 Å². The molecule has 3 rings (SSSR count). The van der Waals surface area contributed by atoms with Crippen LogP contribution in [0.2, 0.25) is 0 Å². The maximum Gasteiger partial charge on any atom is 0.0483 e. The minimum absolute atomic E-state index is 0.761. The molecule has 19 heavy (non-hydrogen) atoms. The molecule has 1 aromatic heterocycles. The van der Waals surface area contributed by atoms with Gasteiger partial charge in [0.15, 0.2) is 0 Å². The van der Waals surface area contributed by atoms with E-state index in [0.29, 0.717) is 0 Å². The third-order valence-corrected chi connectivity index (χ3v) is 4.01. The van der Waals surface area contributed by atoms with Crippen molar-refractivity contribution in [3.63, 3.8) is 0 Å². The van der Waals surface area contributed by atoms with Gasteiger partial charge in [-0.2, -0.15) is 0 Å². The van der Waals surface area contributed by atoms with Crippen LogP contribution in [0.15, 0.2) is 30.5 Å². The van der Waals surface area contributed by atoms with Gasteiger partial charge in [-0.25, -0.2) is 0 Å². The van der Waals surface area contributed by atoms with Gasteiger partial charge in [0.2, 0.25) is 0 Å². The van der Waals surface area contributed by atoms with Crippen molar-refractivity contribution >= 4 is 10.9 Å². The van der Waals surface area contributed by atoms with Gasteiger partial charge in [0.1, 0.15) is 0 Å². The summed E-state index contributed by atoms with van der Waals surface area (Å²) in [6.07, 6.45) is 6.19. The predicted molar refractivity (Wildman–Crippen MR) is 81.3 cm³/mol. The number of benzene rings is 1.